The molecule has 2 N–H and O–H groups in total. The minimum atomic E-state index is 0.0417. The maximum Gasteiger partial charge on any atom is 0.0701 e. The Hall–Kier alpha value is -0.200. The Morgan fingerprint density at radius 2 is 0.935 bits per heavy atom. The first-order chi connectivity index (χ1) is 14.8. The van der Waals surface area contributed by atoms with E-state index in [-0.39, 0.29) is 13.2 Å². The van der Waals surface area contributed by atoms with E-state index in [0.717, 1.165) is 0 Å². The average Bonchev–Trinajstić information content (AvgIpc) is 2.75. The second-order valence-corrected chi connectivity index (χ2v) is 9.38. The van der Waals surface area contributed by atoms with Crippen LogP contribution in [0.1, 0.15) is 93.9 Å². The Kier molecular flexibility index (Phi) is 24.4. The Balaban J connectivity index is 0. The van der Waals surface area contributed by atoms with Gasteiger partial charge in [-0.15, -0.1) is 0 Å². The summed E-state index contributed by atoms with van der Waals surface area (Å²) < 4.78 is 16.4. The molecular weight excluding hydrogens is 392 g/mol. The van der Waals surface area contributed by atoms with Crippen molar-refractivity contribution in [3.63, 3.8) is 0 Å². The minimum Gasteiger partial charge on any atom is -0.394 e. The van der Waals surface area contributed by atoms with Crippen LogP contribution in [0.3, 0.4) is 0 Å². The topological polar surface area (TPSA) is 68.2 Å². The van der Waals surface area contributed by atoms with Crippen molar-refractivity contribution in [1.82, 2.24) is 0 Å². The molecule has 0 saturated heterocycles. The van der Waals surface area contributed by atoms with Crippen LogP contribution in [0.5, 0.6) is 0 Å². The molecule has 0 heterocycles. The quantitative estimate of drug-likeness (QED) is 0.248. The van der Waals surface area contributed by atoms with Gasteiger partial charge in [-0.05, 0) is 36.5 Å². The van der Waals surface area contributed by atoms with Crippen molar-refractivity contribution in [3.05, 3.63) is 0 Å². The van der Waals surface area contributed by atoms with Crippen LogP contribution < -0.4 is 0 Å². The predicted molar refractivity (Wildman–Crippen MR) is 132 cm³/mol. The van der Waals surface area contributed by atoms with Crippen LogP contribution >= 0.6 is 0 Å². The van der Waals surface area contributed by atoms with Gasteiger partial charge < -0.3 is 24.4 Å². The number of hydrogen-bond acceptors (Lipinski definition) is 5. The Labute approximate surface area is 194 Å². The molecule has 5 heteroatoms. The molecule has 190 valence electrons. The summed E-state index contributed by atoms with van der Waals surface area (Å²) in [6.07, 6.45) is 8.44. The van der Waals surface area contributed by atoms with Crippen molar-refractivity contribution in [2.75, 3.05) is 39.6 Å². The lowest BCUT2D eigenvalue weighted by Crippen LogP contribution is -2.35. The van der Waals surface area contributed by atoms with Crippen LogP contribution in [0.2, 0.25) is 0 Å². The molecule has 0 amide bonds. The van der Waals surface area contributed by atoms with Gasteiger partial charge in [0.05, 0.1) is 51.8 Å². The lowest BCUT2D eigenvalue weighted by Gasteiger charge is -2.35. The maximum atomic E-state index is 8.26. The molecule has 5 nitrogen and oxygen atoms in total. The van der Waals surface area contributed by atoms with E-state index in [1.54, 1.807) is 0 Å². The number of aliphatic hydroxyl groups excluding tert-OH is 2. The molecule has 0 aliphatic rings. The molecular formula is C26H56O5. The highest BCUT2D eigenvalue weighted by atomic mass is 16.5. The third-order valence-electron chi connectivity index (χ3n) is 6.15. The van der Waals surface area contributed by atoms with Gasteiger partial charge in [-0.1, -0.05) is 81.1 Å². The molecule has 0 bridgehead atoms. The zero-order valence-corrected chi connectivity index (χ0v) is 22.1. The van der Waals surface area contributed by atoms with Crippen molar-refractivity contribution in [1.29, 1.82) is 0 Å². The second kappa shape index (κ2) is 23.0. The number of unbranched alkanes of at least 4 members (excludes halogenated alkanes) is 2. The summed E-state index contributed by atoms with van der Waals surface area (Å²) in [7, 11) is 0. The van der Waals surface area contributed by atoms with Crippen molar-refractivity contribution in [3.8, 4) is 0 Å². The highest BCUT2D eigenvalue weighted by Crippen LogP contribution is 2.29. The fourth-order valence-corrected chi connectivity index (χ4v) is 3.25. The van der Waals surface area contributed by atoms with Crippen LogP contribution in [0.15, 0.2) is 0 Å². The third-order valence-corrected chi connectivity index (χ3v) is 6.15. The first-order valence-corrected chi connectivity index (χ1v) is 12.8. The van der Waals surface area contributed by atoms with Crippen LogP contribution in [-0.2, 0) is 14.2 Å². The summed E-state index contributed by atoms with van der Waals surface area (Å²) in [5, 5.41) is 16.5. The van der Waals surface area contributed by atoms with E-state index in [1.165, 1.54) is 38.5 Å². The first kappa shape index (κ1) is 33.0. The predicted octanol–water partition coefficient (Wildman–Crippen LogP) is 5.71. The highest BCUT2D eigenvalue weighted by molar-refractivity contribution is 4.76. The third kappa shape index (κ3) is 19.0. The van der Waals surface area contributed by atoms with E-state index < -0.39 is 0 Å². The second-order valence-electron chi connectivity index (χ2n) is 9.38. The summed E-state index contributed by atoms with van der Waals surface area (Å²) >= 11 is 0. The maximum absolute atomic E-state index is 8.26. The van der Waals surface area contributed by atoms with Gasteiger partial charge in [-0.3, -0.25) is 0 Å². The van der Waals surface area contributed by atoms with Crippen LogP contribution in [0.25, 0.3) is 0 Å². The Morgan fingerprint density at radius 3 is 1.19 bits per heavy atom. The number of aliphatic hydroxyl groups is 2. The van der Waals surface area contributed by atoms with Crippen LogP contribution in [-0.4, -0.2) is 62.1 Å². The summed E-state index contributed by atoms with van der Waals surface area (Å²) in [4.78, 5) is 0. The summed E-state index contributed by atoms with van der Waals surface area (Å²) in [5.41, 5.74) is 0. The lowest BCUT2D eigenvalue weighted by molar-refractivity contribution is -0.0859. The van der Waals surface area contributed by atoms with Gasteiger partial charge in [0.2, 0.25) is 0 Å². The Morgan fingerprint density at radius 1 is 0.581 bits per heavy atom. The van der Waals surface area contributed by atoms with Crippen molar-refractivity contribution in [2.24, 2.45) is 23.7 Å². The van der Waals surface area contributed by atoms with E-state index in [9.17, 15) is 0 Å². The molecule has 0 aromatic heterocycles. The normalized spacial score (nSPS) is 15.5. The smallest absolute Gasteiger partial charge is 0.0701 e. The molecule has 0 rings (SSSR count). The monoisotopic (exact) mass is 448 g/mol. The van der Waals surface area contributed by atoms with Crippen molar-refractivity contribution < 1.29 is 24.4 Å². The van der Waals surface area contributed by atoms with Crippen molar-refractivity contribution >= 4 is 0 Å². The molecule has 4 unspecified atom stereocenters. The van der Waals surface area contributed by atoms with Gasteiger partial charge in [0.1, 0.15) is 0 Å². The molecule has 0 spiro atoms. The van der Waals surface area contributed by atoms with Gasteiger partial charge in [0, 0.05) is 0 Å². The molecule has 0 aromatic carbocycles. The summed E-state index contributed by atoms with van der Waals surface area (Å²) in [6, 6.07) is 0. The van der Waals surface area contributed by atoms with E-state index in [2.05, 4.69) is 55.4 Å². The van der Waals surface area contributed by atoms with Gasteiger partial charge >= 0.3 is 0 Å². The summed E-state index contributed by atoms with van der Waals surface area (Å²) in [6.45, 7) is 20.4. The molecule has 31 heavy (non-hydrogen) atoms. The van der Waals surface area contributed by atoms with Crippen molar-refractivity contribution in [2.45, 2.75) is 106 Å². The van der Waals surface area contributed by atoms with Gasteiger partial charge in [0.25, 0.3) is 0 Å². The molecule has 0 radical (unpaired) electrons. The highest BCUT2D eigenvalue weighted by Gasteiger charge is 2.28. The standard InChI is InChI=1S/C20H42O.C6H14O4/c1-9-11-13-19(17(7)15(3)4)21-20(14-12-10-2)18(8)16(5)6;7-1-3-9-5-6-10-4-2-8/h15-20H,9-14H2,1-8H3;7-8H,1-6H2. The fraction of sp³-hybridized carbons (Fsp3) is 1.00. The number of rotatable bonds is 19. The summed E-state index contributed by atoms with van der Waals surface area (Å²) in [5.74, 6) is 2.71. The molecule has 0 fully saturated rings. The number of hydrogen-bond donors (Lipinski definition) is 2. The zero-order valence-electron chi connectivity index (χ0n) is 22.1. The number of ether oxygens (including phenoxy) is 3. The molecule has 0 aromatic rings. The Bertz CT molecular complexity index is 317. The fourth-order valence-electron chi connectivity index (χ4n) is 3.25. The zero-order chi connectivity index (χ0) is 24.1. The van der Waals surface area contributed by atoms with Crippen LogP contribution in [0.4, 0.5) is 0 Å². The molecule has 0 saturated carbocycles. The SMILES string of the molecule is CCCCC(OC(CCCC)C(C)C(C)C)C(C)C(C)C.OCCOCCOCCO. The first-order valence-electron chi connectivity index (χ1n) is 12.8. The van der Waals surface area contributed by atoms with Gasteiger partial charge in [-0.2, -0.15) is 0 Å². The largest absolute Gasteiger partial charge is 0.394 e. The van der Waals surface area contributed by atoms with E-state index in [0.29, 0.717) is 62.3 Å². The average molecular weight is 449 g/mol. The molecule has 4 atom stereocenters. The van der Waals surface area contributed by atoms with Gasteiger partial charge in [0.15, 0.2) is 0 Å². The van der Waals surface area contributed by atoms with E-state index in [4.69, 9.17) is 24.4 Å². The minimum absolute atomic E-state index is 0.0417. The van der Waals surface area contributed by atoms with E-state index in [1.807, 2.05) is 0 Å². The molecule has 0 aliphatic heterocycles. The van der Waals surface area contributed by atoms with Crippen LogP contribution in [0, 0.1) is 23.7 Å². The van der Waals surface area contributed by atoms with E-state index >= 15 is 0 Å². The molecule has 0 aliphatic carbocycles. The lowest BCUT2D eigenvalue weighted by atomic mass is 9.86. The van der Waals surface area contributed by atoms with Gasteiger partial charge in [-0.25, -0.2) is 0 Å².